The molecule has 1 fully saturated rings. The van der Waals surface area contributed by atoms with Gasteiger partial charge in [0.25, 0.3) is 0 Å². The first-order valence-corrected chi connectivity index (χ1v) is 5.03. The maximum atomic E-state index is 6.00. The molecule has 1 heterocycles. The molecule has 0 spiro atoms. The molecule has 1 aromatic rings. The minimum atomic E-state index is 0.163. The molecule has 2 rings (SSSR count). The molecule has 2 N–H and O–H groups in total. The van der Waals surface area contributed by atoms with Crippen LogP contribution in [0.1, 0.15) is 31.9 Å². The molecule has 0 aromatic carbocycles. The van der Waals surface area contributed by atoms with Gasteiger partial charge in [-0.25, -0.2) is 0 Å². The number of aromatic nitrogens is 2. The third-order valence-electron chi connectivity index (χ3n) is 2.79. The molecule has 1 aromatic heterocycles. The molecular weight excluding hydrogens is 162 g/mol. The van der Waals surface area contributed by atoms with Gasteiger partial charge in [-0.2, -0.15) is 5.10 Å². The predicted molar refractivity (Wildman–Crippen MR) is 52.4 cm³/mol. The van der Waals surface area contributed by atoms with Crippen molar-refractivity contribution in [2.45, 2.75) is 44.7 Å². The lowest BCUT2D eigenvalue weighted by Gasteiger charge is -2.05. The van der Waals surface area contributed by atoms with E-state index in [9.17, 15) is 0 Å². The van der Waals surface area contributed by atoms with Crippen molar-refractivity contribution in [3.05, 3.63) is 18.0 Å². The van der Waals surface area contributed by atoms with E-state index in [1.54, 1.807) is 0 Å². The summed E-state index contributed by atoms with van der Waals surface area (Å²) in [5.74, 6) is 0. The van der Waals surface area contributed by atoms with Crippen molar-refractivity contribution in [2.24, 2.45) is 5.73 Å². The van der Waals surface area contributed by atoms with E-state index < -0.39 is 0 Å². The summed E-state index contributed by atoms with van der Waals surface area (Å²) < 4.78 is 1.96. The normalized spacial score (nSPS) is 18.9. The summed E-state index contributed by atoms with van der Waals surface area (Å²) in [6.07, 6.45) is 6.55. The van der Waals surface area contributed by atoms with Gasteiger partial charge in [0.15, 0.2) is 0 Å². The van der Waals surface area contributed by atoms with E-state index in [0.717, 1.165) is 19.4 Å². The second-order valence-corrected chi connectivity index (χ2v) is 4.03. The zero-order valence-corrected chi connectivity index (χ0v) is 8.16. The highest BCUT2D eigenvalue weighted by Gasteiger charge is 2.37. The average molecular weight is 179 g/mol. The highest BCUT2D eigenvalue weighted by molar-refractivity contribution is 5.05. The van der Waals surface area contributed by atoms with Crippen LogP contribution in [0.4, 0.5) is 0 Å². The van der Waals surface area contributed by atoms with Gasteiger partial charge in [0.1, 0.15) is 0 Å². The summed E-state index contributed by atoms with van der Waals surface area (Å²) in [6, 6.07) is 2.09. The summed E-state index contributed by atoms with van der Waals surface area (Å²) in [6.45, 7) is 3.05. The fourth-order valence-corrected chi connectivity index (χ4v) is 1.50. The number of nitrogens with zero attached hydrogens (tertiary/aromatic N) is 2. The van der Waals surface area contributed by atoms with Crippen LogP contribution in [0.5, 0.6) is 0 Å². The summed E-state index contributed by atoms with van der Waals surface area (Å²) in [4.78, 5) is 0. The molecule has 0 aliphatic heterocycles. The molecule has 1 saturated carbocycles. The van der Waals surface area contributed by atoms with Crippen molar-refractivity contribution < 1.29 is 0 Å². The summed E-state index contributed by atoms with van der Waals surface area (Å²) >= 11 is 0. The van der Waals surface area contributed by atoms with Crippen LogP contribution in [0, 0.1) is 0 Å². The van der Waals surface area contributed by atoms with Gasteiger partial charge in [-0.3, -0.25) is 4.68 Å². The molecule has 1 aliphatic rings. The Morgan fingerprint density at radius 1 is 1.62 bits per heavy atom. The summed E-state index contributed by atoms with van der Waals surface area (Å²) in [5.41, 5.74) is 7.34. The molecule has 0 atom stereocenters. The van der Waals surface area contributed by atoms with E-state index in [1.165, 1.54) is 18.5 Å². The first-order valence-electron chi connectivity index (χ1n) is 5.03. The van der Waals surface area contributed by atoms with Gasteiger partial charge in [-0.15, -0.1) is 0 Å². The van der Waals surface area contributed by atoms with Crippen molar-refractivity contribution in [3.8, 4) is 0 Å². The topological polar surface area (TPSA) is 43.8 Å². The predicted octanol–water partition coefficient (Wildman–Crippen LogP) is 1.33. The van der Waals surface area contributed by atoms with Gasteiger partial charge in [-0.05, 0) is 38.7 Å². The minimum absolute atomic E-state index is 0.163. The van der Waals surface area contributed by atoms with E-state index in [0.29, 0.717) is 0 Å². The van der Waals surface area contributed by atoms with Gasteiger partial charge in [-0.1, -0.05) is 0 Å². The molecule has 0 saturated heterocycles. The van der Waals surface area contributed by atoms with Gasteiger partial charge in [0, 0.05) is 18.3 Å². The number of aryl methyl sites for hydroxylation is 2. The second-order valence-electron chi connectivity index (χ2n) is 4.03. The van der Waals surface area contributed by atoms with Crippen LogP contribution in [-0.2, 0) is 13.0 Å². The lowest BCUT2D eigenvalue weighted by Crippen LogP contribution is -2.22. The molecule has 13 heavy (non-hydrogen) atoms. The Balaban J connectivity index is 1.87. The number of hydrogen-bond acceptors (Lipinski definition) is 2. The van der Waals surface area contributed by atoms with Crippen LogP contribution in [0.25, 0.3) is 0 Å². The van der Waals surface area contributed by atoms with Crippen LogP contribution in [0.15, 0.2) is 12.3 Å². The molecule has 1 aliphatic carbocycles. The van der Waals surface area contributed by atoms with E-state index in [4.69, 9.17) is 5.73 Å². The Bertz CT molecular complexity index is 286. The van der Waals surface area contributed by atoms with Crippen LogP contribution in [0.2, 0.25) is 0 Å². The van der Waals surface area contributed by atoms with Gasteiger partial charge >= 0.3 is 0 Å². The Hall–Kier alpha value is -0.830. The lowest BCUT2D eigenvalue weighted by molar-refractivity contribution is 0.587. The highest BCUT2D eigenvalue weighted by atomic mass is 15.3. The molecule has 0 unspecified atom stereocenters. The molecule has 0 bridgehead atoms. The van der Waals surface area contributed by atoms with Gasteiger partial charge in [0.05, 0.1) is 5.69 Å². The Labute approximate surface area is 78.9 Å². The number of rotatable bonds is 4. The van der Waals surface area contributed by atoms with E-state index in [-0.39, 0.29) is 5.54 Å². The van der Waals surface area contributed by atoms with E-state index in [1.807, 2.05) is 10.9 Å². The third kappa shape index (κ3) is 2.10. The third-order valence-corrected chi connectivity index (χ3v) is 2.79. The lowest BCUT2D eigenvalue weighted by atomic mass is 10.1. The summed E-state index contributed by atoms with van der Waals surface area (Å²) in [5, 5.41) is 4.42. The molecular formula is C10H17N3. The molecule has 0 radical (unpaired) electrons. The zero-order valence-electron chi connectivity index (χ0n) is 8.16. The van der Waals surface area contributed by atoms with Crippen molar-refractivity contribution >= 4 is 0 Å². The first-order chi connectivity index (χ1) is 6.22. The van der Waals surface area contributed by atoms with E-state index in [2.05, 4.69) is 18.1 Å². The zero-order chi connectivity index (χ0) is 9.31. The summed E-state index contributed by atoms with van der Waals surface area (Å²) in [7, 11) is 0. The minimum Gasteiger partial charge on any atom is -0.325 e. The Morgan fingerprint density at radius 3 is 2.92 bits per heavy atom. The first kappa shape index (κ1) is 8.75. The Kier molecular flexibility index (Phi) is 2.12. The molecule has 3 heteroatoms. The molecule has 0 amide bonds. The van der Waals surface area contributed by atoms with Crippen molar-refractivity contribution in [2.75, 3.05) is 0 Å². The van der Waals surface area contributed by atoms with Crippen LogP contribution < -0.4 is 5.73 Å². The fraction of sp³-hybridized carbons (Fsp3) is 0.700. The largest absolute Gasteiger partial charge is 0.325 e. The second kappa shape index (κ2) is 3.14. The highest BCUT2D eigenvalue weighted by Crippen LogP contribution is 2.36. The maximum Gasteiger partial charge on any atom is 0.0625 e. The van der Waals surface area contributed by atoms with Crippen LogP contribution in [-0.4, -0.2) is 15.3 Å². The van der Waals surface area contributed by atoms with Gasteiger partial charge in [0.2, 0.25) is 0 Å². The fourth-order valence-electron chi connectivity index (χ4n) is 1.50. The maximum absolute atomic E-state index is 6.00. The van der Waals surface area contributed by atoms with Crippen molar-refractivity contribution in [1.29, 1.82) is 0 Å². The quantitative estimate of drug-likeness (QED) is 0.757. The average Bonchev–Trinajstić information content (AvgIpc) is 2.69. The van der Waals surface area contributed by atoms with E-state index >= 15 is 0 Å². The Morgan fingerprint density at radius 2 is 2.38 bits per heavy atom. The monoisotopic (exact) mass is 179 g/mol. The smallest absolute Gasteiger partial charge is 0.0625 e. The standard InChI is InChI=1S/C10H17N3/c1-2-13-8-4-9(12-13)3-5-10(11)6-7-10/h4,8H,2-3,5-7,11H2,1H3. The SMILES string of the molecule is CCn1ccc(CCC2(N)CC2)n1. The molecule has 3 nitrogen and oxygen atoms in total. The van der Waals surface area contributed by atoms with Crippen LogP contribution >= 0.6 is 0 Å². The van der Waals surface area contributed by atoms with Gasteiger partial charge < -0.3 is 5.73 Å². The van der Waals surface area contributed by atoms with Crippen molar-refractivity contribution in [3.63, 3.8) is 0 Å². The van der Waals surface area contributed by atoms with Crippen molar-refractivity contribution in [1.82, 2.24) is 9.78 Å². The number of nitrogens with two attached hydrogens (primary N) is 1. The van der Waals surface area contributed by atoms with Crippen LogP contribution in [0.3, 0.4) is 0 Å². The number of hydrogen-bond donors (Lipinski definition) is 1. The molecule has 72 valence electrons.